The van der Waals surface area contributed by atoms with Crippen molar-refractivity contribution < 1.29 is 19.1 Å². The first-order valence-corrected chi connectivity index (χ1v) is 10.6. The molecule has 2 fully saturated rings. The zero-order chi connectivity index (χ0) is 21.0. The van der Waals surface area contributed by atoms with E-state index in [2.05, 4.69) is 4.98 Å². The lowest BCUT2D eigenvalue weighted by Gasteiger charge is -2.38. The predicted octanol–water partition coefficient (Wildman–Crippen LogP) is 3.75. The molecule has 8 heteroatoms. The molecule has 29 heavy (non-hydrogen) atoms. The van der Waals surface area contributed by atoms with E-state index in [1.807, 2.05) is 25.7 Å². The summed E-state index contributed by atoms with van der Waals surface area (Å²) >= 11 is 6.11. The number of pyridine rings is 1. The highest BCUT2D eigenvalue weighted by molar-refractivity contribution is 6.31. The average Bonchev–Trinajstić information content (AvgIpc) is 2.68. The van der Waals surface area contributed by atoms with Crippen LogP contribution in [-0.2, 0) is 9.53 Å². The van der Waals surface area contributed by atoms with Gasteiger partial charge < -0.3 is 19.3 Å². The van der Waals surface area contributed by atoms with Crippen molar-refractivity contribution in [3.05, 3.63) is 23.5 Å². The van der Waals surface area contributed by atoms with Gasteiger partial charge in [-0.2, -0.15) is 0 Å². The minimum atomic E-state index is -0.534. The molecule has 2 saturated heterocycles. The zero-order valence-electron chi connectivity index (χ0n) is 17.4. The third-order valence-corrected chi connectivity index (χ3v) is 5.49. The lowest BCUT2D eigenvalue weighted by Crippen LogP contribution is -2.50. The maximum Gasteiger partial charge on any atom is 0.410 e. The van der Waals surface area contributed by atoms with Crippen LogP contribution in [0.15, 0.2) is 18.5 Å². The smallest absolute Gasteiger partial charge is 0.410 e. The number of hydrogen-bond donors (Lipinski definition) is 0. The lowest BCUT2D eigenvalue weighted by molar-refractivity contribution is -0.139. The Morgan fingerprint density at radius 3 is 2.52 bits per heavy atom. The second kappa shape index (κ2) is 9.20. The Balaban J connectivity index is 1.50. The normalized spacial score (nSPS) is 21.0. The number of nitrogens with zero attached hydrogens (tertiary/aromatic N) is 3. The Labute approximate surface area is 177 Å². The van der Waals surface area contributed by atoms with Crippen LogP contribution in [0, 0.1) is 5.92 Å². The Bertz CT molecular complexity index is 729. The summed E-state index contributed by atoms with van der Waals surface area (Å²) in [6, 6.07) is 1.76. The van der Waals surface area contributed by atoms with Crippen LogP contribution >= 0.6 is 11.6 Å². The van der Waals surface area contributed by atoms with E-state index in [0.29, 0.717) is 37.0 Å². The van der Waals surface area contributed by atoms with E-state index in [1.165, 1.54) is 0 Å². The third-order valence-electron chi connectivity index (χ3n) is 5.20. The third kappa shape index (κ3) is 5.98. The summed E-state index contributed by atoms with van der Waals surface area (Å²) in [4.78, 5) is 32.9. The highest BCUT2D eigenvalue weighted by Gasteiger charge is 2.34. The molecule has 3 heterocycles. The second-order valence-corrected chi connectivity index (χ2v) is 9.12. The van der Waals surface area contributed by atoms with Crippen molar-refractivity contribution in [3.63, 3.8) is 0 Å². The van der Waals surface area contributed by atoms with Crippen LogP contribution in [0.2, 0.25) is 5.02 Å². The number of piperidine rings is 2. The summed E-state index contributed by atoms with van der Waals surface area (Å²) in [6.07, 6.45) is 6.05. The number of amides is 2. The van der Waals surface area contributed by atoms with E-state index >= 15 is 0 Å². The molecule has 3 rings (SSSR count). The molecule has 0 saturated carbocycles. The lowest BCUT2D eigenvalue weighted by atomic mass is 9.95. The van der Waals surface area contributed by atoms with Crippen molar-refractivity contribution in [3.8, 4) is 5.75 Å². The standard InChI is InChI=1S/C21H30ClN3O4/c1-21(2,3)29-20(27)25-10-4-5-15(14-25)19(26)24-11-7-16(8-12-24)28-18-6-9-23-13-17(18)22/h6,9,13,15-16H,4-5,7-8,10-12,14H2,1-3H3/t15-/m1/s1. The van der Waals surface area contributed by atoms with Gasteiger partial charge in [0, 0.05) is 57.5 Å². The molecule has 2 aliphatic rings. The number of aromatic nitrogens is 1. The summed E-state index contributed by atoms with van der Waals surface area (Å²) in [6.45, 7) is 7.91. The van der Waals surface area contributed by atoms with Crippen LogP contribution in [0.3, 0.4) is 0 Å². The van der Waals surface area contributed by atoms with Crippen molar-refractivity contribution in [2.24, 2.45) is 5.92 Å². The second-order valence-electron chi connectivity index (χ2n) is 8.71. The van der Waals surface area contributed by atoms with Crippen LogP contribution < -0.4 is 4.74 Å². The largest absolute Gasteiger partial charge is 0.489 e. The number of carbonyl (C=O) groups excluding carboxylic acids is 2. The molecule has 0 spiro atoms. The van der Waals surface area contributed by atoms with Crippen LogP contribution in [0.5, 0.6) is 5.75 Å². The van der Waals surface area contributed by atoms with Crippen LogP contribution in [0.1, 0.15) is 46.5 Å². The molecular formula is C21H30ClN3O4. The molecule has 1 aromatic rings. The van der Waals surface area contributed by atoms with Gasteiger partial charge in [0.1, 0.15) is 22.5 Å². The Morgan fingerprint density at radius 2 is 1.86 bits per heavy atom. The Kier molecular flexibility index (Phi) is 6.88. The molecule has 0 bridgehead atoms. The first kappa shape index (κ1) is 21.7. The molecule has 2 aliphatic heterocycles. The Morgan fingerprint density at radius 1 is 1.14 bits per heavy atom. The minimum absolute atomic E-state index is 0.0311. The van der Waals surface area contributed by atoms with Gasteiger partial charge in [-0.25, -0.2) is 4.79 Å². The molecule has 7 nitrogen and oxygen atoms in total. The molecule has 0 radical (unpaired) electrons. The average molecular weight is 424 g/mol. The van der Waals surface area contributed by atoms with Gasteiger partial charge in [-0.05, 0) is 33.6 Å². The van der Waals surface area contributed by atoms with E-state index in [0.717, 1.165) is 25.7 Å². The quantitative estimate of drug-likeness (QED) is 0.740. The SMILES string of the molecule is CC(C)(C)OC(=O)N1CCC[C@@H](C(=O)N2CCC(Oc3ccncc3Cl)CC2)C1. The minimum Gasteiger partial charge on any atom is -0.489 e. The van der Waals surface area contributed by atoms with Gasteiger partial charge in [-0.3, -0.25) is 9.78 Å². The van der Waals surface area contributed by atoms with Crippen molar-refractivity contribution in [2.45, 2.75) is 58.2 Å². The fraction of sp³-hybridized carbons (Fsp3) is 0.667. The van der Waals surface area contributed by atoms with Crippen molar-refractivity contribution >= 4 is 23.6 Å². The van der Waals surface area contributed by atoms with Gasteiger partial charge in [0.05, 0.1) is 5.92 Å². The van der Waals surface area contributed by atoms with E-state index < -0.39 is 5.60 Å². The van der Waals surface area contributed by atoms with Crippen LogP contribution in [0.4, 0.5) is 4.79 Å². The van der Waals surface area contributed by atoms with Crippen LogP contribution in [-0.4, -0.2) is 64.7 Å². The molecule has 2 amide bonds. The molecule has 0 aliphatic carbocycles. The number of likely N-dealkylation sites (tertiary alicyclic amines) is 2. The summed E-state index contributed by atoms with van der Waals surface area (Å²) in [5.41, 5.74) is -0.534. The Hall–Kier alpha value is -2.02. The summed E-state index contributed by atoms with van der Waals surface area (Å²) in [5, 5.41) is 0.496. The number of carbonyl (C=O) groups is 2. The van der Waals surface area contributed by atoms with Gasteiger partial charge >= 0.3 is 6.09 Å². The van der Waals surface area contributed by atoms with Gasteiger partial charge in [-0.1, -0.05) is 11.6 Å². The van der Waals surface area contributed by atoms with Crippen molar-refractivity contribution in [2.75, 3.05) is 26.2 Å². The fourth-order valence-corrected chi connectivity index (χ4v) is 3.92. The van der Waals surface area contributed by atoms with Crippen LogP contribution in [0.25, 0.3) is 0 Å². The first-order chi connectivity index (χ1) is 13.7. The van der Waals surface area contributed by atoms with Crippen molar-refractivity contribution in [1.82, 2.24) is 14.8 Å². The number of hydrogen-bond acceptors (Lipinski definition) is 5. The summed E-state index contributed by atoms with van der Waals surface area (Å²) in [5.74, 6) is 0.591. The molecular weight excluding hydrogens is 394 g/mol. The summed E-state index contributed by atoms with van der Waals surface area (Å²) in [7, 11) is 0. The van der Waals surface area contributed by atoms with Gasteiger partial charge in [0.25, 0.3) is 0 Å². The van der Waals surface area contributed by atoms with Gasteiger partial charge in [0.15, 0.2) is 0 Å². The monoisotopic (exact) mass is 423 g/mol. The maximum absolute atomic E-state index is 13.0. The highest BCUT2D eigenvalue weighted by Crippen LogP contribution is 2.27. The molecule has 160 valence electrons. The number of halogens is 1. The number of rotatable bonds is 3. The summed E-state index contributed by atoms with van der Waals surface area (Å²) < 4.78 is 11.4. The van der Waals surface area contributed by atoms with E-state index in [9.17, 15) is 9.59 Å². The number of ether oxygens (including phenoxy) is 2. The van der Waals surface area contributed by atoms with E-state index in [4.69, 9.17) is 21.1 Å². The van der Waals surface area contributed by atoms with Crippen molar-refractivity contribution in [1.29, 1.82) is 0 Å². The zero-order valence-corrected chi connectivity index (χ0v) is 18.2. The van der Waals surface area contributed by atoms with E-state index in [-0.39, 0.29) is 24.0 Å². The van der Waals surface area contributed by atoms with Gasteiger partial charge in [0.2, 0.25) is 5.91 Å². The highest BCUT2D eigenvalue weighted by atomic mass is 35.5. The molecule has 0 unspecified atom stereocenters. The van der Waals surface area contributed by atoms with E-state index in [1.54, 1.807) is 23.4 Å². The first-order valence-electron chi connectivity index (χ1n) is 10.3. The topological polar surface area (TPSA) is 72.0 Å². The maximum atomic E-state index is 13.0. The molecule has 1 atom stereocenters. The molecule has 1 aromatic heterocycles. The molecule has 0 aromatic carbocycles. The predicted molar refractivity (Wildman–Crippen MR) is 110 cm³/mol. The molecule has 0 N–H and O–H groups in total. The fourth-order valence-electron chi connectivity index (χ4n) is 3.76. The van der Waals surface area contributed by atoms with Gasteiger partial charge in [-0.15, -0.1) is 0 Å².